The molecular formula is C38H27N. The van der Waals surface area contributed by atoms with Crippen molar-refractivity contribution in [1.29, 1.82) is 0 Å². The van der Waals surface area contributed by atoms with E-state index in [0.29, 0.717) is 0 Å². The SMILES string of the molecule is Nc1c2ccccc2cc2c(-c3ccccc3)c(-c3ccccc3)c(-c3ccccc3)c(-c3ccccc3)c12. The highest BCUT2D eigenvalue weighted by atomic mass is 14.6. The van der Waals surface area contributed by atoms with Crippen LogP contribution in [-0.4, -0.2) is 0 Å². The Kier molecular flexibility index (Phi) is 5.68. The molecule has 0 aromatic heterocycles. The Bertz CT molecular complexity index is 1920. The summed E-state index contributed by atoms with van der Waals surface area (Å²) >= 11 is 0. The molecule has 39 heavy (non-hydrogen) atoms. The summed E-state index contributed by atoms with van der Waals surface area (Å²) in [6.45, 7) is 0. The topological polar surface area (TPSA) is 26.0 Å². The number of nitrogen functional groups attached to an aromatic ring is 1. The number of hydrogen-bond acceptors (Lipinski definition) is 1. The lowest BCUT2D eigenvalue weighted by Crippen LogP contribution is -2.00. The van der Waals surface area contributed by atoms with E-state index in [1.165, 1.54) is 38.9 Å². The predicted octanol–water partition coefficient (Wildman–Crippen LogP) is 10.2. The third-order valence-corrected chi connectivity index (χ3v) is 7.61. The fourth-order valence-electron chi connectivity index (χ4n) is 5.94. The zero-order valence-corrected chi connectivity index (χ0v) is 21.5. The fraction of sp³-hybridized carbons (Fsp3) is 0. The molecule has 0 aliphatic rings. The summed E-state index contributed by atoms with van der Waals surface area (Å²) in [6.07, 6.45) is 0. The Hall–Kier alpha value is -5.14. The number of fused-ring (bicyclic) bond motifs is 2. The highest BCUT2D eigenvalue weighted by Gasteiger charge is 2.25. The second kappa shape index (κ2) is 9.63. The van der Waals surface area contributed by atoms with Crippen molar-refractivity contribution in [2.24, 2.45) is 0 Å². The summed E-state index contributed by atoms with van der Waals surface area (Å²) in [7, 11) is 0. The number of anilines is 1. The van der Waals surface area contributed by atoms with Crippen molar-refractivity contribution in [3.05, 3.63) is 152 Å². The molecule has 2 N–H and O–H groups in total. The fourth-order valence-corrected chi connectivity index (χ4v) is 5.94. The Morgan fingerprint density at radius 1 is 0.333 bits per heavy atom. The monoisotopic (exact) mass is 497 g/mol. The lowest BCUT2D eigenvalue weighted by Gasteiger charge is -2.25. The molecule has 0 radical (unpaired) electrons. The molecule has 7 rings (SSSR count). The maximum atomic E-state index is 7.18. The van der Waals surface area contributed by atoms with Gasteiger partial charge in [0.15, 0.2) is 0 Å². The van der Waals surface area contributed by atoms with Gasteiger partial charge < -0.3 is 5.73 Å². The van der Waals surface area contributed by atoms with Crippen molar-refractivity contribution in [1.82, 2.24) is 0 Å². The molecular weight excluding hydrogens is 470 g/mol. The molecule has 0 atom stereocenters. The zero-order valence-electron chi connectivity index (χ0n) is 21.5. The largest absolute Gasteiger partial charge is 0.398 e. The van der Waals surface area contributed by atoms with Crippen molar-refractivity contribution in [3.63, 3.8) is 0 Å². The van der Waals surface area contributed by atoms with Gasteiger partial charge in [-0.15, -0.1) is 0 Å². The van der Waals surface area contributed by atoms with E-state index < -0.39 is 0 Å². The molecule has 0 saturated heterocycles. The molecule has 1 heteroatoms. The first kappa shape index (κ1) is 23.0. The van der Waals surface area contributed by atoms with Gasteiger partial charge in [0.1, 0.15) is 0 Å². The van der Waals surface area contributed by atoms with E-state index in [-0.39, 0.29) is 0 Å². The summed E-state index contributed by atoms with van der Waals surface area (Å²) in [6, 6.07) is 53.7. The van der Waals surface area contributed by atoms with E-state index in [1.54, 1.807) is 0 Å². The minimum Gasteiger partial charge on any atom is -0.398 e. The minimum absolute atomic E-state index is 0.816. The van der Waals surface area contributed by atoms with Gasteiger partial charge in [0.05, 0.1) is 0 Å². The van der Waals surface area contributed by atoms with Crippen molar-refractivity contribution in [2.75, 3.05) is 5.73 Å². The Morgan fingerprint density at radius 2 is 0.718 bits per heavy atom. The van der Waals surface area contributed by atoms with Gasteiger partial charge in [-0.25, -0.2) is 0 Å². The maximum absolute atomic E-state index is 7.18. The second-order valence-electron chi connectivity index (χ2n) is 9.90. The average Bonchev–Trinajstić information content (AvgIpc) is 3.02. The van der Waals surface area contributed by atoms with Gasteiger partial charge in [0.2, 0.25) is 0 Å². The molecule has 0 heterocycles. The first-order valence-corrected chi connectivity index (χ1v) is 13.3. The third-order valence-electron chi connectivity index (χ3n) is 7.61. The zero-order chi connectivity index (χ0) is 26.2. The summed E-state index contributed by atoms with van der Waals surface area (Å²) in [5.74, 6) is 0. The summed E-state index contributed by atoms with van der Waals surface area (Å²) in [5, 5.41) is 4.48. The van der Waals surface area contributed by atoms with Gasteiger partial charge in [-0.2, -0.15) is 0 Å². The van der Waals surface area contributed by atoms with Gasteiger partial charge in [-0.05, 0) is 55.8 Å². The first-order valence-electron chi connectivity index (χ1n) is 13.3. The van der Waals surface area contributed by atoms with Crippen molar-refractivity contribution in [2.45, 2.75) is 0 Å². The molecule has 0 fully saturated rings. The second-order valence-corrected chi connectivity index (χ2v) is 9.90. The Labute approximate surface area is 228 Å². The number of nitrogens with two attached hydrogens (primary N) is 1. The molecule has 0 aliphatic carbocycles. The standard InChI is InChI=1S/C38H27N/c39-38-31-24-14-13-23-30(31)25-32-33(26-15-5-1-6-16-26)34(27-17-7-2-8-18-27)35(28-19-9-3-10-20-28)36(37(32)38)29-21-11-4-12-22-29/h1-25H,39H2. The van der Waals surface area contributed by atoms with Crippen LogP contribution in [0.3, 0.4) is 0 Å². The molecule has 0 saturated carbocycles. The van der Waals surface area contributed by atoms with Crippen LogP contribution in [0.2, 0.25) is 0 Å². The van der Waals surface area contributed by atoms with Gasteiger partial charge >= 0.3 is 0 Å². The molecule has 0 bridgehead atoms. The highest BCUT2D eigenvalue weighted by molar-refractivity contribution is 6.25. The van der Waals surface area contributed by atoms with E-state index in [0.717, 1.165) is 32.8 Å². The van der Waals surface area contributed by atoms with Crippen LogP contribution in [0.25, 0.3) is 66.1 Å². The number of benzene rings is 7. The molecule has 184 valence electrons. The minimum atomic E-state index is 0.816. The van der Waals surface area contributed by atoms with E-state index in [2.05, 4.69) is 152 Å². The van der Waals surface area contributed by atoms with Crippen LogP contribution in [0.1, 0.15) is 0 Å². The van der Waals surface area contributed by atoms with Crippen molar-refractivity contribution in [3.8, 4) is 44.5 Å². The van der Waals surface area contributed by atoms with Gasteiger partial charge in [-0.1, -0.05) is 146 Å². The summed E-state index contributed by atoms with van der Waals surface area (Å²) in [5.41, 5.74) is 17.4. The average molecular weight is 498 g/mol. The molecule has 0 amide bonds. The van der Waals surface area contributed by atoms with Crippen molar-refractivity contribution >= 4 is 27.2 Å². The highest BCUT2D eigenvalue weighted by Crippen LogP contribution is 2.53. The smallest absolute Gasteiger partial charge is 0.0480 e. The van der Waals surface area contributed by atoms with Crippen LogP contribution < -0.4 is 5.73 Å². The normalized spacial score (nSPS) is 11.2. The quantitative estimate of drug-likeness (QED) is 0.190. The molecule has 1 nitrogen and oxygen atoms in total. The first-order chi connectivity index (χ1) is 19.3. The van der Waals surface area contributed by atoms with E-state index in [9.17, 15) is 0 Å². The van der Waals surface area contributed by atoms with Crippen LogP contribution >= 0.6 is 0 Å². The van der Waals surface area contributed by atoms with Crippen LogP contribution in [0.15, 0.2) is 152 Å². The van der Waals surface area contributed by atoms with E-state index in [4.69, 9.17) is 5.73 Å². The lowest BCUT2D eigenvalue weighted by molar-refractivity contribution is 1.57. The van der Waals surface area contributed by atoms with E-state index >= 15 is 0 Å². The van der Waals surface area contributed by atoms with Crippen molar-refractivity contribution < 1.29 is 0 Å². The molecule has 0 aliphatic heterocycles. The van der Waals surface area contributed by atoms with Gasteiger partial charge in [-0.3, -0.25) is 0 Å². The predicted molar refractivity (Wildman–Crippen MR) is 168 cm³/mol. The lowest BCUT2D eigenvalue weighted by atomic mass is 9.78. The molecule has 7 aromatic carbocycles. The van der Waals surface area contributed by atoms with Crippen LogP contribution in [0, 0.1) is 0 Å². The summed E-state index contributed by atoms with van der Waals surface area (Å²) < 4.78 is 0. The third kappa shape index (κ3) is 3.88. The summed E-state index contributed by atoms with van der Waals surface area (Å²) in [4.78, 5) is 0. The number of hydrogen-bond donors (Lipinski definition) is 1. The maximum Gasteiger partial charge on any atom is 0.0480 e. The molecule has 0 spiro atoms. The van der Waals surface area contributed by atoms with Crippen LogP contribution in [0.4, 0.5) is 5.69 Å². The molecule has 0 unspecified atom stereocenters. The van der Waals surface area contributed by atoms with E-state index in [1.807, 2.05) is 0 Å². The number of rotatable bonds is 4. The Balaban J connectivity index is 1.83. The van der Waals surface area contributed by atoms with Crippen LogP contribution in [-0.2, 0) is 0 Å². The molecule has 7 aromatic rings. The van der Waals surface area contributed by atoms with Gasteiger partial charge in [0, 0.05) is 22.0 Å². The van der Waals surface area contributed by atoms with Gasteiger partial charge in [0.25, 0.3) is 0 Å². The Morgan fingerprint density at radius 3 is 1.23 bits per heavy atom. The van der Waals surface area contributed by atoms with Crippen LogP contribution in [0.5, 0.6) is 0 Å².